The molecule has 6 nitrogen and oxygen atoms in total. The number of carbonyl (C=O) groups excluding carboxylic acids is 1. The molecule has 2 aromatic heterocycles. The van der Waals surface area contributed by atoms with E-state index in [9.17, 15) is 4.79 Å². The molecule has 1 amide bonds. The van der Waals surface area contributed by atoms with Crippen LogP contribution in [0.5, 0.6) is 0 Å². The highest BCUT2D eigenvalue weighted by molar-refractivity contribution is 8.00. The fourth-order valence-corrected chi connectivity index (χ4v) is 3.25. The Hall–Kier alpha value is -1.89. The summed E-state index contributed by atoms with van der Waals surface area (Å²) >= 11 is 1.46. The van der Waals surface area contributed by atoms with E-state index >= 15 is 0 Å². The predicted octanol–water partition coefficient (Wildman–Crippen LogP) is 2.68. The highest BCUT2D eigenvalue weighted by Gasteiger charge is 2.31. The van der Waals surface area contributed by atoms with Crippen molar-refractivity contribution in [2.24, 2.45) is 0 Å². The predicted molar refractivity (Wildman–Crippen MR) is 90.1 cm³/mol. The Morgan fingerprint density at radius 2 is 2.13 bits per heavy atom. The van der Waals surface area contributed by atoms with Gasteiger partial charge in [-0.2, -0.15) is 0 Å². The summed E-state index contributed by atoms with van der Waals surface area (Å²) in [4.78, 5) is 16.3. The van der Waals surface area contributed by atoms with Crippen LogP contribution >= 0.6 is 11.8 Å². The van der Waals surface area contributed by atoms with Crippen molar-refractivity contribution in [2.45, 2.75) is 56.1 Å². The lowest BCUT2D eigenvalue weighted by molar-refractivity contribution is -0.120. The molecule has 7 heteroatoms. The highest BCUT2D eigenvalue weighted by Crippen LogP contribution is 2.41. The Morgan fingerprint density at radius 3 is 2.74 bits per heavy atom. The Bertz CT molecular complexity index is 681. The van der Waals surface area contributed by atoms with Crippen LogP contribution in [-0.4, -0.2) is 36.9 Å². The second kappa shape index (κ2) is 6.70. The normalized spacial score (nSPS) is 15.7. The average molecular weight is 331 g/mol. The molecule has 2 heterocycles. The zero-order chi connectivity index (χ0) is 16.4. The Labute approximate surface area is 140 Å². The largest absolute Gasteiger partial charge is 0.353 e. The van der Waals surface area contributed by atoms with Crippen molar-refractivity contribution in [1.82, 2.24) is 25.1 Å². The lowest BCUT2D eigenvalue weighted by atomic mass is 10.3. The van der Waals surface area contributed by atoms with Gasteiger partial charge in [0.15, 0.2) is 11.0 Å². The third kappa shape index (κ3) is 3.72. The van der Waals surface area contributed by atoms with Crippen LogP contribution in [0, 0.1) is 0 Å². The number of rotatable bonds is 6. The van der Waals surface area contributed by atoms with Gasteiger partial charge in [-0.1, -0.05) is 11.8 Å². The Morgan fingerprint density at radius 1 is 1.35 bits per heavy atom. The average Bonchev–Trinajstić information content (AvgIpc) is 3.28. The van der Waals surface area contributed by atoms with Crippen LogP contribution in [0.3, 0.4) is 0 Å². The summed E-state index contributed by atoms with van der Waals surface area (Å²) in [5.74, 6) is 0.859. The van der Waals surface area contributed by atoms with Gasteiger partial charge in [0.25, 0.3) is 0 Å². The van der Waals surface area contributed by atoms with Gasteiger partial charge in [-0.3, -0.25) is 14.3 Å². The zero-order valence-electron chi connectivity index (χ0n) is 13.6. The van der Waals surface area contributed by atoms with E-state index in [-0.39, 0.29) is 17.2 Å². The van der Waals surface area contributed by atoms with Gasteiger partial charge >= 0.3 is 0 Å². The molecule has 1 atom stereocenters. The number of amides is 1. The van der Waals surface area contributed by atoms with Gasteiger partial charge in [-0.05, 0) is 45.7 Å². The maximum Gasteiger partial charge on any atom is 0.233 e. The summed E-state index contributed by atoms with van der Waals surface area (Å²) < 4.78 is 2.15. The van der Waals surface area contributed by atoms with Crippen molar-refractivity contribution < 1.29 is 4.79 Å². The quantitative estimate of drug-likeness (QED) is 0.824. The van der Waals surface area contributed by atoms with Crippen LogP contribution in [0.15, 0.2) is 29.7 Å². The number of pyridine rings is 1. The van der Waals surface area contributed by atoms with Gasteiger partial charge in [0.2, 0.25) is 5.91 Å². The third-order valence-corrected chi connectivity index (χ3v) is 4.64. The molecular formula is C16H21N5OS. The maximum atomic E-state index is 12.1. The standard InChI is InChI=1S/C16H21N5OS/c1-10(2)18-15(22)11(3)23-16-20-19-14(21(16)13-6-7-13)12-5-4-8-17-9-12/h4-5,8-11,13H,6-7H2,1-3H3,(H,18,22)/t11-/m1/s1. The van der Waals surface area contributed by atoms with Crippen molar-refractivity contribution in [2.75, 3.05) is 0 Å². The molecule has 23 heavy (non-hydrogen) atoms. The van der Waals surface area contributed by atoms with Gasteiger partial charge in [-0.25, -0.2) is 0 Å². The molecule has 2 aromatic rings. The summed E-state index contributed by atoms with van der Waals surface area (Å²) in [6.07, 6.45) is 5.80. The Balaban J connectivity index is 1.83. The number of carbonyl (C=O) groups is 1. The van der Waals surface area contributed by atoms with Crippen molar-refractivity contribution in [1.29, 1.82) is 0 Å². The van der Waals surface area contributed by atoms with E-state index in [0.717, 1.165) is 29.4 Å². The van der Waals surface area contributed by atoms with Gasteiger partial charge in [0.1, 0.15) is 0 Å². The minimum atomic E-state index is -0.208. The first-order valence-electron chi connectivity index (χ1n) is 7.88. The molecule has 1 aliphatic carbocycles. The van der Waals surface area contributed by atoms with Crippen molar-refractivity contribution in [3.05, 3.63) is 24.5 Å². The summed E-state index contributed by atoms with van der Waals surface area (Å²) in [7, 11) is 0. The molecule has 0 unspecified atom stereocenters. The van der Waals surface area contributed by atoms with E-state index in [1.165, 1.54) is 11.8 Å². The molecule has 3 rings (SSSR count). The molecule has 1 N–H and O–H groups in total. The lowest BCUT2D eigenvalue weighted by Gasteiger charge is -2.14. The van der Waals surface area contributed by atoms with Crippen molar-refractivity contribution >= 4 is 17.7 Å². The molecule has 122 valence electrons. The minimum absolute atomic E-state index is 0.0262. The molecule has 1 fully saturated rings. The topological polar surface area (TPSA) is 72.7 Å². The van der Waals surface area contributed by atoms with Crippen molar-refractivity contribution in [3.63, 3.8) is 0 Å². The molecule has 0 radical (unpaired) electrons. The number of hydrogen-bond acceptors (Lipinski definition) is 5. The fourth-order valence-electron chi connectivity index (χ4n) is 2.32. The van der Waals surface area contributed by atoms with E-state index < -0.39 is 0 Å². The second-order valence-electron chi connectivity index (χ2n) is 6.07. The van der Waals surface area contributed by atoms with E-state index in [1.54, 1.807) is 12.4 Å². The molecule has 0 aliphatic heterocycles. The van der Waals surface area contributed by atoms with Gasteiger partial charge in [0.05, 0.1) is 5.25 Å². The SMILES string of the molecule is CC(C)NC(=O)[C@@H](C)Sc1nnc(-c2cccnc2)n1C1CC1. The second-order valence-corrected chi connectivity index (χ2v) is 7.38. The molecular weight excluding hydrogens is 310 g/mol. The molecule has 0 saturated heterocycles. The summed E-state index contributed by atoms with van der Waals surface area (Å²) in [6.45, 7) is 5.82. The first-order chi connectivity index (χ1) is 11.1. The maximum absolute atomic E-state index is 12.1. The van der Waals surface area contributed by atoms with Gasteiger partial charge in [0, 0.05) is 30.0 Å². The van der Waals surface area contributed by atoms with E-state index in [0.29, 0.717) is 6.04 Å². The van der Waals surface area contributed by atoms with Crippen LogP contribution in [0.25, 0.3) is 11.4 Å². The lowest BCUT2D eigenvalue weighted by Crippen LogP contribution is -2.36. The summed E-state index contributed by atoms with van der Waals surface area (Å²) in [6, 6.07) is 4.45. The monoisotopic (exact) mass is 331 g/mol. The molecule has 1 saturated carbocycles. The smallest absolute Gasteiger partial charge is 0.233 e. The van der Waals surface area contributed by atoms with E-state index in [2.05, 4.69) is 25.1 Å². The number of nitrogens with zero attached hydrogens (tertiary/aromatic N) is 4. The molecule has 0 bridgehead atoms. The van der Waals surface area contributed by atoms with E-state index in [4.69, 9.17) is 0 Å². The van der Waals surface area contributed by atoms with Crippen LogP contribution in [0.1, 0.15) is 39.7 Å². The van der Waals surface area contributed by atoms with Gasteiger partial charge < -0.3 is 5.32 Å². The third-order valence-electron chi connectivity index (χ3n) is 3.58. The summed E-state index contributed by atoms with van der Waals surface area (Å²) in [5.41, 5.74) is 0.957. The van der Waals surface area contributed by atoms with Crippen LogP contribution < -0.4 is 5.32 Å². The van der Waals surface area contributed by atoms with Gasteiger partial charge in [-0.15, -0.1) is 10.2 Å². The Kier molecular flexibility index (Phi) is 4.66. The van der Waals surface area contributed by atoms with Crippen molar-refractivity contribution in [3.8, 4) is 11.4 Å². The zero-order valence-corrected chi connectivity index (χ0v) is 14.4. The number of thioether (sulfide) groups is 1. The molecule has 0 spiro atoms. The first kappa shape index (κ1) is 16.0. The van der Waals surface area contributed by atoms with Crippen LogP contribution in [0.4, 0.5) is 0 Å². The number of nitrogens with one attached hydrogen (secondary N) is 1. The van der Waals surface area contributed by atoms with Crippen LogP contribution in [0.2, 0.25) is 0 Å². The van der Waals surface area contributed by atoms with Crippen LogP contribution in [-0.2, 0) is 4.79 Å². The number of aromatic nitrogens is 4. The van der Waals surface area contributed by atoms with E-state index in [1.807, 2.05) is 32.9 Å². The summed E-state index contributed by atoms with van der Waals surface area (Å²) in [5, 5.41) is 12.2. The highest BCUT2D eigenvalue weighted by atomic mass is 32.2. The minimum Gasteiger partial charge on any atom is -0.353 e. The molecule has 0 aromatic carbocycles. The molecule has 1 aliphatic rings. The fraction of sp³-hybridized carbons (Fsp3) is 0.500. The first-order valence-corrected chi connectivity index (χ1v) is 8.76. The number of hydrogen-bond donors (Lipinski definition) is 1.